The lowest BCUT2D eigenvalue weighted by molar-refractivity contribution is -0.138. The van der Waals surface area contributed by atoms with Gasteiger partial charge in [0.15, 0.2) is 0 Å². The summed E-state index contributed by atoms with van der Waals surface area (Å²) in [4.78, 5) is 12.4. The number of aliphatic carboxylic acids is 1. The number of rotatable bonds is 4. The van der Waals surface area contributed by atoms with Crippen LogP contribution in [0.15, 0.2) is 0 Å². The van der Waals surface area contributed by atoms with Gasteiger partial charge in [-0.1, -0.05) is 19.8 Å². The van der Waals surface area contributed by atoms with Crippen LogP contribution in [0.3, 0.4) is 0 Å². The number of nitrogens with zero attached hydrogens (tertiary/aromatic N) is 1. The van der Waals surface area contributed by atoms with E-state index in [1.165, 1.54) is 25.7 Å². The van der Waals surface area contributed by atoms with Gasteiger partial charge in [-0.3, -0.25) is 9.69 Å². The Morgan fingerprint density at radius 2 is 1.93 bits per heavy atom. The van der Waals surface area contributed by atoms with Crippen LogP contribution >= 0.6 is 0 Å². The molecule has 1 saturated carbocycles. The Hall–Kier alpha value is -0.570. The van der Waals surface area contributed by atoms with Crippen LogP contribution in [0, 0.1) is 11.8 Å². The highest BCUT2D eigenvalue weighted by Gasteiger charge is 2.19. The third-order valence-corrected chi connectivity index (χ3v) is 3.11. The van der Waals surface area contributed by atoms with Crippen molar-refractivity contribution in [3.63, 3.8) is 0 Å². The third kappa shape index (κ3) is 4.09. The maximum absolute atomic E-state index is 10.5. The zero-order chi connectivity index (χ0) is 10.6. The van der Waals surface area contributed by atoms with Crippen LogP contribution in [-0.2, 0) is 4.79 Å². The number of carboxylic acids is 1. The van der Waals surface area contributed by atoms with Crippen LogP contribution in [0.25, 0.3) is 0 Å². The molecule has 0 bridgehead atoms. The Bertz CT molecular complexity index is 186. The molecule has 0 aromatic heterocycles. The van der Waals surface area contributed by atoms with Crippen LogP contribution in [0.5, 0.6) is 0 Å². The fourth-order valence-electron chi connectivity index (χ4n) is 2.25. The molecule has 0 amide bonds. The minimum atomic E-state index is -0.725. The van der Waals surface area contributed by atoms with Crippen molar-refractivity contribution in [2.24, 2.45) is 11.8 Å². The van der Waals surface area contributed by atoms with Gasteiger partial charge in [0.05, 0.1) is 6.54 Å². The normalized spacial score (nSPS) is 27.9. The van der Waals surface area contributed by atoms with Crippen molar-refractivity contribution in [2.45, 2.75) is 32.6 Å². The third-order valence-electron chi connectivity index (χ3n) is 3.11. The summed E-state index contributed by atoms with van der Waals surface area (Å²) < 4.78 is 0. The van der Waals surface area contributed by atoms with Gasteiger partial charge in [-0.15, -0.1) is 0 Å². The van der Waals surface area contributed by atoms with E-state index < -0.39 is 5.97 Å². The minimum Gasteiger partial charge on any atom is -0.480 e. The number of hydrogen-bond acceptors (Lipinski definition) is 2. The molecule has 0 atom stereocenters. The molecule has 0 unspecified atom stereocenters. The molecular formula is C11H21NO2. The molecule has 82 valence electrons. The predicted molar refractivity (Wildman–Crippen MR) is 56.3 cm³/mol. The van der Waals surface area contributed by atoms with Gasteiger partial charge in [-0.05, 0) is 31.7 Å². The number of hydrogen-bond donors (Lipinski definition) is 1. The van der Waals surface area contributed by atoms with Crippen molar-refractivity contribution in [1.82, 2.24) is 4.90 Å². The second kappa shape index (κ2) is 5.35. The first-order valence-electron chi connectivity index (χ1n) is 5.48. The highest BCUT2D eigenvalue weighted by atomic mass is 16.4. The molecule has 0 heterocycles. The molecule has 1 rings (SSSR count). The van der Waals surface area contributed by atoms with Crippen LogP contribution in [0.1, 0.15) is 32.6 Å². The van der Waals surface area contributed by atoms with Crippen molar-refractivity contribution in [3.05, 3.63) is 0 Å². The topological polar surface area (TPSA) is 40.5 Å². The molecule has 14 heavy (non-hydrogen) atoms. The van der Waals surface area contributed by atoms with Gasteiger partial charge in [0.2, 0.25) is 0 Å². The van der Waals surface area contributed by atoms with E-state index in [4.69, 9.17) is 5.11 Å². The largest absolute Gasteiger partial charge is 0.480 e. The molecule has 1 fully saturated rings. The quantitative estimate of drug-likeness (QED) is 0.751. The zero-order valence-corrected chi connectivity index (χ0v) is 9.20. The standard InChI is InChI=1S/C11H21NO2/c1-9-3-5-10(6-4-9)7-12(2)8-11(13)14/h9-10H,3-8H2,1-2H3,(H,13,14). The van der Waals surface area contributed by atoms with Gasteiger partial charge in [0.25, 0.3) is 0 Å². The van der Waals surface area contributed by atoms with Gasteiger partial charge in [-0.2, -0.15) is 0 Å². The maximum Gasteiger partial charge on any atom is 0.317 e. The maximum atomic E-state index is 10.5. The van der Waals surface area contributed by atoms with Crippen molar-refractivity contribution >= 4 is 5.97 Å². The second-order valence-corrected chi connectivity index (χ2v) is 4.72. The summed E-state index contributed by atoms with van der Waals surface area (Å²) in [6.45, 7) is 3.42. The van der Waals surface area contributed by atoms with E-state index in [1.807, 2.05) is 11.9 Å². The highest BCUT2D eigenvalue weighted by Crippen LogP contribution is 2.28. The first-order chi connectivity index (χ1) is 6.58. The van der Waals surface area contributed by atoms with E-state index >= 15 is 0 Å². The van der Waals surface area contributed by atoms with Crippen molar-refractivity contribution in [2.75, 3.05) is 20.1 Å². The molecule has 1 aliphatic rings. The van der Waals surface area contributed by atoms with Crippen molar-refractivity contribution in [3.8, 4) is 0 Å². The molecule has 0 spiro atoms. The number of likely N-dealkylation sites (N-methyl/N-ethyl adjacent to an activating group) is 1. The van der Waals surface area contributed by atoms with Crippen LogP contribution in [0.4, 0.5) is 0 Å². The van der Waals surface area contributed by atoms with E-state index in [1.54, 1.807) is 0 Å². The lowest BCUT2D eigenvalue weighted by Gasteiger charge is -2.29. The molecule has 0 aromatic rings. The average Bonchev–Trinajstić information content (AvgIpc) is 2.07. The van der Waals surface area contributed by atoms with E-state index in [0.29, 0.717) is 0 Å². The SMILES string of the molecule is CC1CCC(CN(C)CC(=O)O)CC1. The van der Waals surface area contributed by atoms with Crippen LogP contribution in [0.2, 0.25) is 0 Å². The lowest BCUT2D eigenvalue weighted by Crippen LogP contribution is -2.32. The van der Waals surface area contributed by atoms with Gasteiger partial charge >= 0.3 is 5.97 Å². The molecule has 3 heteroatoms. The summed E-state index contributed by atoms with van der Waals surface area (Å²) in [5.41, 5.74) is 0. The van der Waals surface area contributed by atoms with Crippen molar-refractivity contribution in [1.29, 1.82) is 0 Å². The second-order valence-electron chi connectivity index (χ2n) is 4.72. The summed E-state index contributed by atoms with van der Waals surface area (Å²) in [5, 5.41) is 8.61. The monoisotopic (exact) mass is 199 g/mol. The fourth-order valence-corrected chi connectivity index (χ4v) is 2.25. The number of carbonyl (C=O) groups is 1. The van der Waals surface area contributed by atoms with Gasteiger partial charge in [-0.25, -0.2) is 0 Å². The molecule has 0 radical (unpaired) electrons. The number of carboxylic acid groups (broad SMARTS) is 1. The Kier molecular flexibility index (Phi) is 4.39. The van der Waals surface area contributed by atoms with Gasteiger partial charge < -0.3 is 5.11 Å². The molecule has 0 aromatic carbocycles. The first kappa shape index (κ1) is 11.5. The molecule has 0 saturated heterocycles. The summed E-state index contributed by atoms with van der Waals surface area (Å²) in [7, 11) is 1.89. The Morgan fingerprint density at radius 1 is 1.36 bits per heavy atom. The fraction of sp³-hybridized carbons (Fsp3) is 0.909. The summed E-state index contributed by atoms with van der Waals surface area (Å²) in [6.07, 6.45) is 5.16. The summed E-state index contributed by atoms with van der Waals surface area (Å²) in [6, 6.07) is 0. The Morgan fingerprint density at radius 3 is 2.43 bits per heavy atom. The molecule has 3 nitrogen and oxygen atoms in total. The first-order valence-corrected chi connectivity index (χ1v) is 5.48. The van der Waals surface area contributed by atoms with E-state index in [2.05, 4.69) is 6.92 Å². The van der Waals surface area contributed by atoms with E-state index in [-0.39, 0.29) is 6.54 Å². The lowest BCUT2D eigenvalue weighted by atomic mass is 9.83. The Labute approximate surface area is 86.1 Å². The van der Waals surface area contributed by atoms with E-state index in [9.17, 15) is 4.79 Å². The van der Waals surface area contributed by atoms with Crippen LogP contribution < -0.4 is 0 Å². The minimum absolute atomic E-state index is 0.173. The molecule has 0 aliphatic heterocycles. The average molecular weight is 199 g/mol. The molecular weight excluding hydrogens is 178 g/mol. The van der Waals surface area contributed by atoms with Crippen LogP contribution in [-0.4, -0.2) is 36.1 Å². The smallest absolute Gasteiger partial charge is 0.317 e. The molecule has 1 aliphatic carbocycles. The predicted octanol–water partition coefficient (Wildman–Crippen LogP) is 1.83. The molecule has 1 N–H and O–H groups in total. The highest BCUT2D eigenvalue weighted by molar-refractivity contribution is 5.68. The van der Waals surface area contributed by atoms with Gasteiger partial charge in [0.1, 0.15) is 0 Å². The Balaban J connectivity index is 2.20. The zero-order valence-electron chi connectivity index (χ0n) is 9.20. The van der Waals surface area contributed by atoms with Gasteiger partial charge in [0, 0.05) is 6.54 Å². The summed E-state index contributed by atoms with van der Waals surface area (Å²) in [5.74, 6) is 0.864. The van der Waals surface area contributed by atoms with Crippen molar-refractivity contribution < 1.29 is 9.90 Å². The van der Waals surface area contributed by atoms with E-state index in [0.717, 1.165) is 18.4 Å². The summed E-state index contributed by atoms with van der Waals surface area (Å²) >= 11 is 0.